The zero-order chi connectivity index (χ0) is 22.1. The van der Waals surface area contributed by atoms with Gasteiger partial charge in [0.05, 0.1) is 5.52 Å². The molecule has 4 rings (SSSR count). The quantitative estimate of drug-likeness (QED) is 0.535. The number of hydrogen-bond acceptors (Lipinski definition) is 5. The molecule has 0 saturated heterocycles. The van der Waals surface area contributed by atoms with Crippen molar-refractivity contribution in [3.63, 3.8) is 0 Å². The van der Waals surface area contributed by atoms with E-state index in [1.165, 1.54) is 0 Å². The number of anilines is 1. The largest absolute Gasteiger partial charge is 0.480 e. The summed E-state index contributed by atoms with van der Waals surface area (Å²) in [5.41, 5.74) is 4.40. The van der Waals surface area contributed by atoms with Crippen molar-refractivity contribution in [3.8, 4) is 11.1 Å². The molecule has 160 valence electrons. The molecule has 7 heteroatoms. The first-order valence-electron chi connectivity index (χ1n) is 10.5. The van der Waals surface area contributed by atoms with Gasteiger partial charge in [-0.3, -0.25) is 4.79 Å². The van der Waals surface area contributed by atoms with Crippen molar-refractivity contribution in [1.82, 2.24) is 15.3 Å². The minimum atomic E-state index is -0.935. The fourth-order valence-corrected chi connectivity index (χ4v) is 3.49. The Morgan fingerprint density at radius 1 is 1.13 bits per heavy atom. The summed E-state index contributed by atoms with van der Waals surface area (Å²) in [4.78, 5) is 32.7. The molecule has 0 aliphatic heterocycles. The normalized spacial score (nSPS) is 14.5. The van der Waals surface area contributed by atoms with Gasteiger partial charge in [0.1, 0.15) is 6.04 Å². The van der Waals surface area contributed by atoms with Crippen molar-refractivity contribution in [2.24, 2.45) is 5.92 Å². The summed E-state index contributed by atoms with van der Waals surface area (Å²) in [5.74, 6) is -0.792. The number of rotatable bonds is 7. The Morgan fingerprint density at radius 2 is 1.90 bits per heavy atom. The van der Waals surface area contributed by atoms with E-state index in [2.05, 4.69) is 20.6 Å². The fraction of sp³-hybridized carbons (Fsp3) is 0.333. The van der Waals surface area contributed by atoms with Gasteiger partial charge in [-0.2, -0.15) is 0 Å². The van der Waals surface area contributed by atoms with Crippen LogP contribution in [0, 0.1) is 12.8 Å². The van der Waals surface area contributed by atoms with Crippen LogP contribution >= 0.6 is 0 Å². The molecule has 1 aromatic heterocycles. The highest BCUT2D eigenvalue weighted by Gasteiger charge is 2.24. The second kappa shape index (κ2) is 8.34. The maximum atomic E-state index is 12.4. The molecule has 1 atom stereocenters. The average Bonchev–Trinajstić information content (AvgIpc) is 3.55. The van der Waals surface area contributed by atoms with Gasteiger partial charge in [0.15, 0.2) is 0 Å². The van der Waals surface area contributed by atoms with Gasteiger partial charge < -0.3 is 15.7 Å². The van der Waals surface area contributed by atoms with Gasteiger partial charge in [-0.1, -0.05) is 26.0 Å². The molecular weight excluding hydrogens is 392 g/mol. The van der Waals surface area contributed by atoms with E-state index in [1.807, 2.05) is 57.2 Å². The van der Waals surface area contributed by atoms with E-state index in [0.29, 0.717) is 11.6 Å². The number of carbonyl (C=O) groups excluding carboxylic acids is 1. The Kier molecular flexibility index (Phi) is 5.59. The highest BCUT2D eigenvalue weighted by Crippen LogP contribution is 2.28. The number of amides is 1. The van der Waals surface area contributed by atoms with Crippen molar-refractivity contribution in [2.45, 2.75) is 45.7 Å². The van der Waals surface area contributed by atoms with Crippen LogP contribution in [0.15, 0.2) is 42.6 Å². The van der Waals surface area contributed by atoms with Crippen LogP contribution < -0.4 is 10.6 Å². The third-order valence-electron chi connectivity index (χ3n) is 5.52. The molecular formula is C24H26N4O3. The van der Waals surface area contributed by atoms with E-state index in [-0.39, 0.29) is 17.8 Å². The van der Waals surface area contributed by atoms with Gasteiger partial charge >= 0.3 is 5.97 Å². The zero-order valence-corrected chi connectivity index (χ0v) is 17.8. The zero-order valence-electron chi connectivity index (χ0n) is 17.8. The van der Waals surface area contributed by atoms with Crippen LogP contribution in [0.2, 0.25) is 0 Å². The van der Waals surface area contributed by atoms with Gasteiger partial charge in [-0.05, 0) is 66.6 Å². The summed E-state index contributed by atoms with van der Waals surface area (Å²) < 4.78 is 0. The van der Waals surface area contributed by atoms with Crippen LogP contribution in [0.1, 0.15) is 42.6 Å². The molecule has 1 amide bonds. The predicted molar refractivity (Wildman–Crippen MR) is 120 cm³/mol. The van der Waals surface area contributed by atoms with Gasteiger partial charge in [0, 0.05) is 23.2 Å². The van der Waals surface area contributed by atoms with E-state index in [0.717, 1.165) is 40.4 Å². The molecule has 2 aromatic carbocycles. The molecule has 1 aliphatic rings. The number of fused-ring (bicyclic) bond motifs is 1. The van der Waals surface area contributed by atoms with Crippen molar-refractivity contribution in [2.75, 3.05) is 5.32 Å². The molecule has 1 heterocycles. The minimum absolute atomic E-state index is 0.0401. The van der Waals surface area contributed by atoms with Crippen LogP contribution in [0.4, 0.5) is 5.95 Å². The second-order valence-electron chi connectivity index (χ2n) is 8.45. The van der Waals surface area contributed by atoms with Crippen molar-refractivity contribution in [1.29, 1.82) is 0 Å². The van der Waals surface area contributed by atoms with E-state index >= 15 is 0 Å². The molecule has 0 spiro atoms. The molecule has 1 fully saturated rings. The van der Waals surface area contributed by atoms with Gasteiger partial charge in [0.25, 0.3) is 5.91 Å². The van der Waals surface area contributed by atoms with Crippen LogP contribution in [0.3, 0.4) is 0 Å². The van der Waals surface area contributed by atoms with E-state index in [1.54, 1.807) is 6.20 Å². The first-order chi connectivity index (χ1) is 14.8. The summed E-state index contributed by atoms with van der Waals surface area (Å²) in [6.07, 6.45) is 3.79. The lowest BCUT2D eigenvalue weighted by molar-refractivity contribution is -0.138. The first-order valence-corrected chi connectivity index (χ1v) is 10.5. The molecule has 0 radical (unpaired) electrons. The summed E-state index contributed by atoms with van der Waals surface area (Å²) in [6, 6.07) is 11.1. The van der Waals surface area contributed by atoms with Crippen molar-refractivity contribution >= 4 is 28.7 Å². The Morgan fingerprint density at radius 3 is 2.58 bits per heavy atom. The number of hydrogen-bond donors (Lipinski definition) is 3. The Hall–Kier alpha value is -3.48. The molecule has 31 heavy (non-hydrogen) atoms. The topological polar surface area (TPSA) is 104 Å². The molecule has 0 bridgehead atoms. The van der Waals surface area contributed by atoms with Crippen molar-refractivity contribution < 1.29 is 14.7 Å². The third kappa shape index (κ3) is 4.66. The Labute approximate surface area is 180 Å². The lowest BCUT2D eigenvalue weighted by Crippen LogP contribution is -2.34. The summed E-state index contributed by atoms with van der Waals surface area (Å²) >= 11 is 0. The van der Waals surface area contributed by atoms with Crippen molar-refractivity contribution in [3.05, 3.63) is 53.7 Å². The highest BCUT2D eigenvalue weighted by atomic mass is 16.4. The summed E-state index contributed by atoms with van der Waals surface area (Å²) in [5, 5.41) is 16.1. The SMILES string of the molecule is Cc1ccc(C(=O)NC2CC2)cc1-c1ccc2nc(N[C@@H](C(=O)O)C(C)C)ncc2c1. The third-order valence-corrected chi connectivity index (χ3v) is 5.52. The van der Waals surface area contributed by atoms with Gasteiger partial charge in [-0.25, -0.2) is 14.8 Å². The number of carbonyl (C=O) groups is 2. The van der Waals surface area contributed by atoms with E-state index in [9.17, 15) is 14.7 Å². The number of nitrogens with one attached hydrogen (secondary N) is 2. The molecule has 1 aliphatic carbocycles. The molecule has 7 nitrogen and oxygen atoms in total. The molecule has 3 N–H and O–H groups in total. The van der Waals surface area contributed by atoms with Crippen LogP contribution in [0.5, 0.6) is 0 Å². The minimum Gasteiger partial charge on any atom is -0.480 e. The standard InChI is InChI=1S/C24H26N4O3/c1-13(2)21(23(30)31)28-24-25-12-17-10-15(6-9-20(17)27-24)19-11-16(5-4-14(19)3)22(29)26-18-7-8-18/h4-6,9-13,18,21H,7-8H2,1-3H3,(H,26,29)(H,30,31)(H,25,27,28)/t21-/m1/s1. The highest BCUT2D eigenvalue weighted by molar-refractivity contribution is 5.96. The number of benzene rings is 2. The lowest BCUT2D eigenvalue weighted by atomic mass is 9.97. The maximum absolute atomic E-state index is 12.4. The Bertz CT molecular complexity index is 1150. The fourth-order valence-electron chi connectivity index (χ4n) is 3.49. The average molecular weight is 418 g/mol. The van der Waals surface area contributed by atoms with Crippen LogP contribution in [0.25, 0.3) is 22.0 Å². The van der Waals surface area contributed by atoms with E-state index in [4.69, 9.17) is 0 Å². The number of carboxylic acids is 1. The summed E-state index contributed by atoms with van der Waals surface area (Å²) in [7, 11) is 0. The Balaban J connectivity index is 1.62. The summed E-state index contributed by atoms with van der Waals surface area (Å²) in [6.45, 7) is 5.69. The second-order valence-corrected chi connectivity index (χ2v) is 8.45. The number of aliphatic carboxylic acids is 1. The van der Waals surface area contributed by atoms with Gasteiger partial charge in [0.2, 0.25) is 5.95 Å². The molecule has 1 saturated carbocycles. The number of aromatic nitrogens is 2. The monoisotopic (exact) mass is 418 g/mol. The number of carboxylic acid groups (broad SMARTS) is 1. The number of nitrogens with zero attached hydrogens (tertiary/aromatic N) is 2. The van der Waals surface area contributed by atoms with E-state index < -0.39 is 12.0 Å². The molecule has 0 unspecified atom stereocenters. The predicted octanol–water partition coefficient (Wildman–Crippen LogP) is 4.02. The van der Waals surface area contributed by atoms with Crippen LogP contribution in [-0.2, 0) is 4.79 Å². The number of aryl methyl sites for hydroxylation is 1. The first kappa shape index (κ1) is 20.8. The van der Waals surface area contributed by atoms with Gasteiger partial charge in [-0.15, -0.1) is 0 Å². The molecule has 3 aromatic rings. The smallest absolute Gasteiger partial charge is 0.326 e. The van der Waals surface area contributed by atoms with Crippen LogP contribution in [-0.4, -0.2) is 39.0 Å². The maximum Gasteiger partial charge on any atom is 0.326 e. The lowest BCUT2D eigenvalue weighted by Gasteiger charge is -2.18.